The molecule has 1 saturated carbocycles. The van der Waals surface area contributed by atoms with Crippen molar-refractivity contribution < 1.29 is 0 Å². The molecule has 0 amide bonds. The molecule has 1 aromatic heterocycles. The van der Waals surface area contributed by atoms with E-state index in [2.05, 4.69) is 38.7 Å². The van der Waals surface area contributed by atoms with Gasteiger partial charge in [0.2, 0.25) is 0 Å². The van der Waals surface area contributed by atoms with Crippen LogP contribution < -0.4 is 11.1 Å². The van der Waals surface area contributed by atoms with Gasteiger partial charge in [-0.1, -0.05) is 18.6 Å². The van der Waals surface area contributed by atoms with E-state index in [-0.39, 0.29) is 0 Å². The first kappa shape index (κ1) is 13.0. The molecule has 3 rings (SSSR count). The zero-order chi connectivity index (χ0) is 13.8. The van der Waals surface area contributed by atoms with Crippen molar-refractivity contribution in [1.82, 2.24) is 15.5 Å². The van der Waals surface area contributed by atoms with E-state index >= 15 is 0 Å². The number of nitrogens with two attached hydrogens (primary N) is 1. The van der Waals surface area contributed by atoms with Crippen molar-refractivity contribution in [1.29, 1.82) is 0 Å². The molecule has 0 unspecified atom stereocenters. The van der Waals surface area contributed by atoms with Gasteiger partial charge in [-0.05, 0) is 36.8 Å². The van der Waals surface area contributed by atoms with Gasteiger partial charge in [-0.2, -0.15) is 5.10 Å². The molecule has 1 aliphatic rings. The number of aromatic amines is 1. The monoisotopic (exact) mass is 271 g/mol. The average Bonchev–Trinajstić information content (AvgIpc) is 2.84. The minimum atomic E-state index is 0.569. The molecule has 0 aliphatic heterocycles. The fraction of sp³-hybridized carbons (Fsp3) is 0.467. The summed E-state index contributed by atoms with van der Waals surface area (Å²) in [5, 5.41) is 11.3. The summed E-state index contributed by atoms with van der Waals surface area (Å²) < 4.78 is 0. The SMILES string of the molecule is NC(=NCC1CCC1)NCCc1ccc2cn[nH]c2c1. The van der Waals surface area contributed by atoms with Gasteiger partial charge in [0.1, 0.15) is 0 Å². The summed E-state index contributed by atoms with van der Waals surface area (Å²) in [7, 11) is 0. The molecule has 1 fully saturated rings. The minimum Gasteiger partial charge on any atom is -0.370 e. The molecule has 1 aliphatic carbocycles. The Bertz CT molecular complexity index is 597. The Morgan fingerprint density at radius 1 is 1.45 bits per heavy atom. The number of hydrogen-bond acceptors (Lipinski definition) is 2. The summed E-state index contributed by atoms with van der Waals surface area (Å²) in [5.41, 5.74) is 8.20. The third-order valence-corrected chi connectivity index (χ3v) is 3.97. The predicted octanol–water partition coefficient (Wildman–Crippen LogP) is 1.81. The highest BCUT2D eigenvalue weighted by molar-refractivity contribution is 5.79. The number of benzene rings is 1. The first-order chi connectivity index (χ1) is 9.81. The van der Waals surface area contributed by atoms with E-state index < -0.39 is 0 Å². The smallest absolute Gasteiger partial charge is 0.188 e. The highest BCUT2D eigenvalue weighted by atomic mass is 15.1. The van der Waals surface area contributed by atoms with Crippen LogP contribution in [0.2, 0.25) is 0 Å². The summed E-state index contributed by atoms with van der Waals surface area (Å²) in [6.45, 7) is 1.68. The van der Waals surface area contributed by atoms with E-state index in [0.717, 1.165) is 36.3 Å². The molecular weight excluding hydrogens is 250 g/mol. The van der Waals surface area contributed by atoms with Crippen LogP contribution in [0.4, 0.5) is 0 Å². The number of H-pyrrole nitrogens is 1. The Morgan fingerprint density at radius 3 is 3.15 bits per heavy atom. The van der Waals surface area contributed by atoms with Crippen LogP contribution >= 0.6 is 0 Å². The maximum absolute atomic E-state index is 5.86. The molecule has 106 valence electrons. The molecule has 2 aromatic rings. The molecule has 4 N–H and O–H groups in total. The third-order valence-electron chi connectivity index (χ3n) is 3.97. The van der Waals surface area contributed by atoms with E-state index in [0.29, 0.717) is 5.96 Å². The molecule has 5 nitrogen and oxygen atoms in total. The number of hydrogen-bond donors (Lipinski definition) is 3. The third kappa shape index (κ3) is 3.10. The van der Waals surface area contributed by atoms with Crippen LogP contribution in [0.5, 0.6) is 0 Å². The zero-order valence-electron chi connectivity index (χ0n) is 11.6. The molecule has 0 bridgehead atoms. The molecule has 0 radical (unpaired) electrons. The van der Waals surface area contributed by atoms with Crippen molar-refractivity contribution in [3.63, 3.8) is 0 Å². The fourth-order valence-electron chi connectivity index (χ4n) is 2.43. The van der Waals surface area contributed by atoms with E-state index in [1.54, 1.807) is 0 Å². The Morgan fingerprint density at radius 2 is 2.35 bits per heavy atom. The van der Waals surface area contributed by atoms with Gasteiger partial charge in [-0.3, -0.25) is 10.1 Å². The van der Waals surface area contributed by atoms with Gasteiger partial charge in [0, 0.05) is 18.5 Å². The van der Waals surface area contributed by atoms with Gasteiger partial charge >= 0.3 is 0 Å². The van der Waals surface area contributed by atoms with Gasteiger partial charge < -0.3 is 11.1 Å². The van der Waals surface area contributed by atoms with E-state index in [9.17, 15) is 0 Å². The van der Waals surface area contributed by atoms with Gasteiger partial charge in [0.15, 0.2) is 5.96 Å². The van der Waals surface area contributed by atoms with Crippen molar-refractivity contribution in [2.24, 2.45) is 16.6 Å². The molecule has 1 heterocycles. The minimum absolute atomic E-state index is 0.569. The maximum atomic E-state index is 5.86. The van der Waals surface area contributed by atoms with Gasteiger partial charge in [0.25, 0.3) is 0 Å². The van der Waals surface area contributed by atoms with Crippen LogP contribution in [0.3, 0.4) is 0 Å². The fourth-order valence-corrected chi connectivity index (χ4v) is 2.43. The lowest BCUT2D eigenvalue weighted by Gasteiger charge is -2.23. The molecule has 0 atom stereocenters. The lowest BCUT2D eigenvalue weighted by molar-refractivity contribution is 0.326. The maximum Gasteiger partial charge on any atom is 0.188 e. The van der Waals surface area contributed by atoms with Crippen LogP contribution in [-0.4, -0.2) is 29.2 Å². The second-order valence-electron chi connectivity index (χ2n) is 5.49. The predicted molar refractivity (Wildman–Crippen MR) is 81.6 cm³/mol. The Hall–Kier alpha value is -2.04. The summed E-state index contributed by atoms with van der Waals surface area (Å²) >= 11 is 0. The summed E-state index contributed by atoms with van der Waals surface area (Å²) in [6, 6.07) is 6.34. The molecular formula is C15H21N5. The quantitative estimate of drug-likeness (QED) is 0.573. The highest BCUT2D eigenvalue weighted by Crippen LogP contribution is 2.26. The van der Waals surface area contributed by atoms with Gasteiger partial charge in [0.05, 0.1) is 11.7 Å². The molecule has 0 saturated heterocycles. The second-order valence-corrected chi connectivity index (χ2v) is 5.49. The topological polar surface area (TPSA) is 79.1 Å². The molecule has 1 aromatic carbocycles. The van der Waals surface area contributed by atoms with Crippen LogP contribution in [-0.2, 0) is 6.42 Å². The van der Waals surface area contributed by atoms with E-state index in [1.165, 1.54) is 24.8 Å². The van der Waals surface area contributed by atoms with Gasteiger partial charge in [-0.25, -0.2) is 0 Å². The number of fused-ring (bicyclic) bond motifs is 1. The number of aliphatic imine (C=N–C) groups is 1. The number of rotatable bonds is 5. The van der Waals surface area contributed by atoms with Crippen LogP contribution in [0.25, 0.3) is 10.9 Å². The van der Waals surface area contributed by atoms with Crippen molar-refractivity contribution >= 4 is 16.9 Å². The average molecular weight is 271 g/mol. The van der Waals surface area contributed by atoms with Crippen molar-refractivity contribution in [3.05, 3.63) is 30.0 Å². The van der Waals surface area contributed by atoms with Crippen LogP contribution in [0.1, 0.15) is 24.8 Å². The zero-order valence-corrected chi connectivity index (χ0v) is 11.6. The largest absolute Gasteiger partial charge is 0.370 e. The highest BCUT2D eigenvalue weighted by Gasteiger charge is 2.16. The lowest BCUT2D eigenvalue weighted by Crippen LogP contribution is -2.34. The number of nitrogens with zero attached hydrogens (tertiary/aromatic N) is 2. The normalized spacial score (nSPS) is 16.3. The van der Waals surface area contributed by atoms with E-state index in [1.807, 2.05) is 6.20 Å². The number of nitrogens with one attached hydrogen (secondary N) is 2. The summed E-state index contributed by atoms with van der Waals surface area (Å²) in [5.74, 6) is 1.33. The van der Waals surface area contributed by atoms with Crippen LogP contribution in [0.15, 0.2) is 29.4 Å². The Labute approximate surface area is 118 Å². The number of aromatic nitrogens is 2. The summed E-state index contributed by atoms with van der Waals surface area (Å²) in [6.07, 6.45) is 6.72. The Kier molecular flexibility index (Phi) is 3.85. The van der Waals surface area contributed by atoms with Crippen molar-refractivity contribution in [3.8, 4) is 0 Å². The standard InChI is InChI=1S/C15H21N5/c16-15(18-9-12-2-1-3-12)17-7-6-11-4-5-13-10-19-20-14(13)8-11/h4-5,8,10,12H,1-3,6-7,9H2,(H,19,20)(H3,16,17,18). The first-order valence-electron chi connectivity index (χ1n) is 7.27. The van der Waals surface area contributed by atoms with E-state index in [4.69, 9.17) is 5.73 Å². The molecule has 20 heavy (non-hydrogen) atoms. The van der Waals surface area contributed by atoms with Crippen LogP contribution in [0, 0.1) is 5.92 Å². The van der Waals surface area contributed by atoms with Crippen molar-refractivity contribution in [2.75, 3.05) is 13.1 Å². The Balaban J connectivity index is 1.46. The molecule has 0 spiro atoms. The lowest BCUT2D eigenvalue weighted by atomic mass is 9.86. The summed E-state index contributed by atoms with van der Waals surface area (Å²) in [4.78, 5) is 4.39. The van der Waals surface area contributed by atoms with Gasteiger partial charge in [-0.15, -0.1) is 0 Å². The van der Waals surface area contributed by atoms with Crippen molar-refractivity contribution in [2.45, 2.75) is 25.7 Å². The number of guanidine groups is 1. The second kappa shape index (κ2) is 5.94. The molecule has 5 heteroatoms. The first-order valence-corrected chi connectivity index (χ1v) is 7.27.